The molecule has 0 radical (unpaired) electrons. The van der Waals surface area contributed by atoms with Gasteiger partial charge in [-0.2, -0.15) is 0 Å². The summed E-state index contributed by atoms with van der Waals surface area (Å²) in [6.07, 6.45) is -0.170. The summed E-state index contributed by atoms with van der Waals surface area (Å²) >= 11 is 11.9. The zero-order valence-electron chi connectivity index (χ0n) is 10.4. The number of rotatable bonds is 4. The second-order valence-corrected chi connectivity index (χ2v) is 5.15. The van der Waals surface area contributed by atoms with Crippen molar-refractivity contribution < 1.29 is 9.84 Å². The van der Waals surface area contributed by atoms with Gasteiger partial charge in [-0.15, -0.1) is 0 Å². The lowest BCUT2D eigenvalue weighted by molar-refractivity contribution is 0.178. The molecule has 0 saturated carbocycles. The quantitative estimate of drug-likeness (QED) is 0.912. The first-order chi connectivity index (χ1) is 9.08. The van der Waals surface area contributed by atoms with Crippen LogP contribution in [0.5, 0.6) is 5.75 Å². The number of halogens is 2. The largest absolute Gasteiger partial charge is 0.497 e. The second-order valence-electron chi connectivity index (χ2n) is 4.27. The number of aliphatic hydroxyl groups excluding tert-OH is 1. The highest BCUT2D eigenvalue weighted by molar-refractivity contribution is 6.34. The minimum atomic E-state index is -0.650. The molecule has 0 aliphatic rings. The maximum Gasteiger partial charge on any atom is 0.119 e. The van der Waals surface area contributed by atoms with Gasteiger partial charge in [0, 0.05) is 16.5 Å². The molecule has 0 aromatic heterocycles. The third kappa shape index (κ3) is 3.87. The number of hydrogen-bond acceptors (Lipinski definition) is 2. The molecule has 1 atom stereocenters. The fourth-order valence-corrected chi connectivity index (χ4v) is 2.45. The van der Waals surface area contributed by atoms with Gasteiger partial charge in [0.1, 0.15) is 5.75 Å². The van der Waals surface area contributed by atoms with Crippen LogP contribution in [0.3, 0.4) is 0 Å². The third-order valence-corrected chi connectivity index (χ3v) is 3.27. The molecule has 2 nitrogen and oxygen atoms in total. The number of aliphatic hydroxyl groups is 1. The van der Waals surface area contributed by atoms with Gasteiger partial charge in [0.25, 0.3) is 0 Å². The molecule has 0 aliphatic heterocycles. The molecule has 0 heterocycles. The van der Waals surface area contributed by atoms with Crippen LogP contribution in [0, 0.1) is 0 Å². The third-order valence-electron chi connectivity index (χ3n) is 2.83. The molecule has 4 heteroatoms. The maximum atomic E-state index is 10.2. The van der Waals surface area contributed by atoms with Gasteiger partial charge in [-0.1, -0.05) is 35.3 Å². The number of ether oxygens (including phenoxy) is 1. The molecule has 1 N–H and O–H groups in total. The fourth-order valence-electron chi connectivity index (χ4n) is 1.91. The highest BCUT2D eigenvalue weighted by atomic mass is 35.5. The summed E-state index contributed by atoms with van der Waals surface area (Å²) in [6, 6.07) is 12.7. The molecule has 100 valence electrons. The van der Waals surface area contributed by atoms with Crippen LogP contribution < -0.4 is 4.74 Å². The Labute approximate surface area is 122 Å². The molecule has 0 aliphatic carbocycles. The monoisotopic (exact) mass is 296 g/mol. The van der Waals surface area contributed by atoms with Crippen molar-refractivity contribution >= 4 is 23.2 Å². The van der Waals surface area contributed by atoms with Gasteiger partial charge >= 0.3 is 0 Å². The standard InChI is InChI=1S/C15H14Cl2O2/c1-19-14-4-2-3-10(5-14)6-15(18)11-7-12(16)9-13(17)8-11/h2-5,7-9,15,18H,6H2,1H3. The van der Waals surface area contributed by atoms with Gasteiger partial charge < -0.3 is 9.84 Å². The highest BCUT2D eigenvalue weighted by Gasteiger charge is 2.11. The van der Waals surface area contributed by atoms with Crippen LogP contribution in [0.1, 0.15) is 17.2 Å². The molecule has 2 aromatic carbocycles. The Morgan fingerprint density at radius 1 is 1.11 bits per heavy atom. The van der Waals surface area contributed by atoms with E-state index in [4.69, 9.17) is 27.9 Å². The van der Waals surface area contributed by atoms with Gasteiger partial charge in [0.05, 0.1) is 13.2 Å². The van der Waals surface area contributed by atoms with Crippen LogP contribution in [0.4, 0.5) is 0 Å². The van der Waals surface area contributed by atoms with Crippen molar-refractivity contribution in [2.75, 3.05) is 7.11 Å². The Morgan fingerprint density at radius 3 is 2.42 bits per heavy atom. The molecule has 19 heavy (non-hydrogen) atoms. The van der Waals surface area contributed by atoms with E-state index in [1.54, 1.807) is 25.3 Å². The van der Waals surface area contributed by atoms with Crippen molar-refractivity contribution in [1.29, 1.82) is 0 Å². The van der Waals surface area contributed by atoms with Crippen LogP contribution in [0.2, 0.25) is 10.0 Å². The summed E-state index contributed by atoms with van der Waals surface area (Å²) in [5, 5.41) is 11.3. The Kier molecular flexibility index (Phi) is 4.70. The summed E-state index contributed by atoms with van der Waals surface area (Å²) in [4.78, 5) is 0. The zero-order valence-corrected chi connectivity index (χ0v) is 11.9. The molecule has 0 fully saturated rings. The maximum absolute atomic E-state index is 10.2. The van der Waals surface area contributed by atoms with Crippen molar-refractivity contribution in [3.63, 3.8) is 0 Å². The van der Waals surface area contributed by atoms with E-state index in [1.165, 1.54) is 0 Å². The van der Waals surface area contributed by atoms with Crippen molar-refractivity contribution in [1.82, 2.24) is 0 Å². The Hall–Kier alpha value is -1.22. The molecular formula is C15H14Cl2O2. The predicted molar refractivity (Wildman–Crippen MR) is 78.1 cm³/mol. The highest BCUT2D eigenvalue weighted by Crippen LogP contribution is 2.26. The van der Waals surface area contributed by atoms with Crippen LogP contribution >= 0.6 is 23.2 Å². The average Bonchev–Trinajstić information content (AvgIpc) is 2.37. The van der Waals surface area contributed by atoms with Crippen LogP contribution in [-0.2, 0) is 6.42 Å². The summed E-state index contributed by atoms with van der Waals surface area (Å²) in [6.45, 7) is 0. The van der Waals surface area contributed by atoms with Crippen LogP contribution in [-0.4, -0.2) is 12.2 Å². The van der Waals surface area contributed by atoms with E-state index in [0.717, 1.165) is 11.3 Å². The number of benzene rings is 2. The van der Waals surface area contributed by atoms with Crippen LogP contribution in [0.15, 0.2) is 42.5 Å². The molecule has 2 aromatic rings. The Balaban J connectivity index is 2.17. The first-order valence-electron chi connectivity index (χ1n) is 5.85. The van der Waals surface area contributed by atoms with E-state index in [2.05, 4.69) is 0 Å². The number of methoxy groups -OCH3 is 1. The van der Waals surface area contributed by atoms with E-state index >= 15 is 0 Å². The summed E-state index contributed by atoms with van der Waals surface area (Å²) in [5.41, 5.74) is 1.70. The predicted octanol–water partition coefficient (Wildman–Crippen LogP) is 4.28. The SMILES string of the molecule is COc1cccc(CC(O)c2cc(Cl)cc(Cl)c2)c1. The molecule has 0 spiro atoms. The lowest BCUT2D eigenvalue weighted by Crippen LogP contribution is -2.02. The van der Waals surface area contributed by atoms with Gasteiger partial charge in [0.2, 0.25) is 0 Å². The van der Waals surface area contributed by atoms with Crippen molar-refractivity contribution in [3.05, 3.63) is 63.6 Å². The lowest BCUT2D eigenvalue weighted by atomic mass is 10.0. The Bertz CT molecular complexity index is 550. The molecule has 0 bridgehead atoms. The minimum absolute atomic E-state index is 0.480. The topological polar surface area (TPSA) is 29.5 Å². The summed E-state index contributed by atoms with van der Waals surface area (Å²) < 4.78 is 5.16. The van der Waals surface area contributed by atoms with Gasteiger partial charge in [0.15, 0.2) is 0 Å². The smallest absolute Gasteiger partial charge is 0.119 e. The number of hydrogen-bond donors (Lipinski definition) is 1. The summed E-state index contributed by atoms with van der Waals surface area (Å²) in [7, 11) is 1.62. The summed E-state index contributed by atoms with van der Waals surface area (Å²) in [5.74, 6) is 0.772. The first-order valence-corrected chi connectivity index (χ1v) is 6.61. The second kappa shape index (κ2) is 6.29. The van der Waals surface area contributed by atoms with Crippen LogP contribution in [0.25, 0.3) is 0 Å². The molecule has 0 amide bonds. The molecule has 0 saturated heterocycles. The van der Waals surface area contributed by atoms with E-state index in [-0.39, 0.29) is 0 Å². The fraction of sp³-hybridized carbons (Fsp3) is 0.200. The minimum Gasteiger partial charge on any atom is -0.497 e. The van der Waals surface area contributed by atoms with E-state index in [0.29, 0.717) is 22.0 Å². The molecule has 1 unspecified atom stereocenters. The van der Waals surface area contributed by atoms with Gasteiger partial charge in [-0.05, 0) is 41.5 Å². The van der Waals surface area contributed by atoms with E-state index < -0.39 is 6.10 Å². The first kappa shape index (κ1) is 14.2. The normalized spacial score (nSPS) is 12.2. The lowest BCUT2D eigenvalue weighted by Gasteiger charge is -2.12. The zero-order chi connectivity index (χ0) is 13.8. The molecular weight excluding hydrogens is 283 g/mol. The van der Waals surface area contributed by atoms with E-state index in [9.17, 15) is 5.11 Å². The van der Waals surface area contributed by atoms with Crippen molar-refractivity contribution in [3.8, 4) is 5.75 Å². The Morgan fingerprint density at radius 2 is 1.79 bits per heavy atom. The van der Waals surface area contributed by atoms with E-state index in [1.807, 2.05) is 24.3 Å². The van der Waals surface area contributed by atoms with Crippen molar-refractivity contribution in [2.45, 2.75) is 12.5 Å². The molecule has 2 rings (SSSR count). The van der Waals surface area contributed by atoms with Gasteiger partial charge in [-0.3, -0.25) is 0 Å². The average molecular weight is 297 g/mol. The van der Waals surface area contributed by atoms with Gasteiger partial charge in [-0.25, -0.2) is 0 Å². The van der Waals surface area contributed by atoms with Crippen molar-refractivity contribution in [2.24, 2.45) is 0 Å².